The van der Waals surface area contributed by atoms with Crippen molar-refractivity contribution >= 4 is 23.0 Å². The van der Waals surface area contributed by atoms with Gasteiger partial charge in [-0.3, -0.25) is 0 Å². The molecule has 0 amide bonds. The zero-order chi connectivity index (χ0) is 23.2. The second-order valence-corrected chi connectivity index (χ2v) is 8.59. The lowest BCUT2D eigenvalue weighted by Gasteiger charge is -2.28. The normalized spacial score (nSPS) is 18.5. The van der Waals surface area contributed by atoms with Gasteiger partial charge in [0.2, 0.25) is 5.95 Å². The third kappa shape index (κ3) is 5.58. The van der Waals surface area contributed by atoms with Crippen LogP contribution in [0.1, 0.15) is 19.3 Å². The molecular formula is C26H31N5O3. The van der Waals surface area contributed by atoms with Crippen molar-refractivity contribution < 1.29 is 14.2 Å². The van der Waals surface area contributed by atoms with Crippen LogP contribution in [0.3, 0.4) is 0 Å². The Morgan fingerprint density at radius 1 is 1.03 bits per heavy atom. The highest BCUT2D eigenvalue weighted by Crippen LogP contribution is 2.29. The van der Waals surface area contributed by atoms with E-state index in [1.54, 1.807) is 6.20 Å². The van der Waals surface area contributed by atoms with Crippen molar-refractivity contribution in [2.45, 2.75) is 25.4 Å². The van der Waals surface area contributed by atoms with Crippen LogP contribution in [-0.4, -0.2) is 55.6 Å². The van der Waals surface area contributed by atoms with Crippen LogP contribution in [0, 0.1) is 0 Å². The van der Waals surface area contributed by atoms with E-state index in [2.05, 4.69) is 32.3 Å². The topological polar surface area (TPSA) is 94.8 Å². The number of ether oxygens (including phenoxy) is 3. The predicted molar refractivity (Wildman–Crippen MR) is 134 cm³/mol. The number of benzene rings is 2. The van der Waals surface area contributed by atoms with E-state index in [-0.39, 0.29) is 6.10 Å². The van der Waals surface area contributed by atoms with Crippen LogP contribution in [0.4, 0.5) is 23.0 Å². The highest BCUT2D eigenvalue weighted by Gasteiger charge is 2.15. The van der Waals surface area contributed by atoms with E-state index in [0.29, 0.717) is 24.0 Å². The fourth-order valence-electron chi connectivity index (χ4n) is 4.25. The number of nitrogens with zero attached hydrogens (tertiary/aromatic N) is 3. The zero-order valence-electron chi connectivity index (χ0n) is 19.3. The number of rotatable bonds is 7. The molecule has 0 aliphatic carbocycles. The van der Waals surface area contributed by atoms with Gasteiger partial charge in [-0.2, -0.15) is 0 Å². The maximum absolute atomic E-state index is 6.27. The maximum atomic E-state index is 6.27. The summed E-state index contributed by atoms with van der Waals surface area (Å²) in [7, 11) is 0. The lowest BCUT2D eigenvalue weighted by Crippen LogP contribution is -2.36. The van der Waals surface area contributed by atoms with Crippen LogP contribution in [0.15, 0.2) is 54.7 Å². The number of aromatic nitrogens is 2. The Morgan fingerprint density at radius 2 is 1.88 bits per heavy atom. The number of hydrogen-bond donors (Lipinski definition) is 2. The average molecular weight is 462 g/mol. The summed E-state index contributed by atoms with van der Waals surface area (Å²) in [6, 6.07) is 15.9. The summed E-state index contributed by atoms with van der Waals surface area (Å²) in [6.07, 6.45) is 5.23. The van der Waals surface area contributed by atoms with Crippen LogP contribution in [0.2, 0.25) is 0 Å². The molecule has 2 saturated heterocycles. The monoisotopic (exact) mass is 461 g/mol. The van der Waals surface area contributed by atoms with Gasteiger partial charge in [0.15, 0.2) is 0 Å². The van der Waals surface area contributed by atoms with Crippen LogP contribution >= 0.6 is 0 Å². The van der Waals surface area contributed by atoms with Gasteiger partial charge < -0.3 is 30.2 Å². The summed E-state index contributed by atoms with van der Waals surface area (Å²) >= 11 is 0. The van der Waals surface area contributed by atoms with Crippen LogP contribution < -0.4 is 20.7 Å². The summed E-state index contributed by atoms with van der Waals surface area (Å²) in [5, 5.41) is 3.29. The first-order valence-electron chi connectivity index (χ1n) is 11.9. The molecule has 2 aromatic carbocycles. The number of morpholine rings is 1. The molecule has 2 aliphatic heterocycles. The molecule has 1 unspecified atom stereocenters. The van der Waals surface area contributed by atoms with E-state index in [1.807, 2.05) is 36.4 Å². The molecule has 5 rings (SSSR count). The highest BCUT2D eigenvalue weighted by atomic mass is 16.5. The first-order chi connectivity index (χ1) is 16.7. The van der Waals surface area contributed by atoms with Gasteiger partial charge in [-0.05, 0) is 67.8 Å². The Balaban J connectivity index is 1.23. The lowest BCUT2D eigenvalue weighted by molar-refractivity contribution is -0.0109. The smallest absolute Gasteiger partial charge is 0.227 e. The van der Waals surface area contributed by atoms with Gasteiger partial charge in [0.05, 0.1) is 30.7 Å². The summed E-state index contributed by atoms with van der Waals surface area (Å²) in [6.45, 7) is 4.71. The highest BCUT2D eigenvalue weighted by molar-refractivity contribution is 5.69. The minimum atomic E-state index is 0.145. The van der Waals surface area contributed by atoms with Crippen molar-refractivity contribution in [3.05, 3.63) is 54.7 Å². The molecule has 0 bridgehead atoms. The van der Waals surface area contributed by atoms with Crippen LogP contribution in [-0.2, 0) is 9.47 Å². The average Bonchev–Trinajstić information content (AvgIpc) is 2.90. The van der Waals surface area contributed by atoms with E-state index in [4.69, 9.17) is 19.9 Å². The predicted octanol–water partition coefficient (Wildman–Crippen LogP) is 4.25. The number of nitrogens with one attached hydrogen (secondary N) is 1. The molecule has 0 radical (unpaired) electrons. The molecule has 3 aromatic rings. The van der Waals surface area contributed by atoms with Crippen molar-refractivity contribution in [1.82, 2.24) is 9.97 Å². The number of anilines is 4. The van der Waals surface area contributed by atoms with E-state index in [1.165, 1.54) is 12.1 Å². The van der Waals surface area contributed by atoms with Crippen molar-refractivity contribution in [3.8, 4) is 17.0 Å². The van der Waals surface area contributed by atoms with Crippen LogP contribution in [0.5, 0.6) is 5.75 Å². The number of nitrogens with two attached hydrogens (primary N) is 1. The van der Waals surface area contributed by atoms with Crippen molar-refractivity contribution in [2.24, 2.45) is 0 Å². The molecule has 178 valence electrons. The Hall–Kier alpha value is -3.36. The molecule has 2 aliphatic rings. The fraction of sp³-hybridized carbons (Fsp3) is 0.385. The van der Waals surface area contributed by atoms with E-state index < -0.39 is 0 Å². The molecule has 0 spiro atoms. The van der Waals surface area contributed by atoms with E-state index in [0.717, 1.165) is 62.7 Å². The molecule has 0 saturated carbocycles. The van der Waals surface area contributed by atoms with Gasteiger partial charge in [0.1, 0.15) is 12.4 Å². The van der Waals surface area contributed by atoms with Crippen molar-refractivity contribution in [1.29, 1.82) is 0 Å². The second kappa shape index (κ2) is 10.7. The van der Waals surface area contributed by atoms with E-state index >= 15 is 0 Å². The van der Waals surface area contributed by atoms with Crippen molar-refractivity contribution in [3.63, 3.8) is 0 Å². The van der Waals surface area contributed by atoms with Gasteiger partial charge >= 0.3 is 0 Å². The molecule has 34 heavy (non-hydrogen) atoms. The van der Waals surface area contributed by atoms with Gasteiger partial charge in [0, 0.05) is 42.8 Å². The first kappa shape index (κ1) is 22.4. The maximum Gasteiger partial charge on any atom is 0.227 e. The summed E-state index contributed by atoms with van der Waals surface area (Å²) in [5.74, 6) is 1.20. The minimum absolute atomic E-state index is 0.145. The van der Waals surface area contributed by atoms with Gasteiger partial charge in [-0.1, -0.05) is 0 Å². The molecule has 1 aromatic heterocycles. The SMILES string of the molecule is Nc1cc(-c2ccnc(Nc3ccc(N4CCOCC4)cc3)n2)ccc1OCC1CCCCO1. The van der Waals surface area contributed by atoms with Gasteiger partial charge in [0.25, 0.3) is 0 Å². The number of nitrogen functional groups attached to an aromatic ring is 1. The molecular weight excluding hydrogens is 430 g/mol. The van der Waals surface area contributed by atoms with Crippen LogP contribution in [0.25, 0.3) is 11.3 Å². The molecule has 8 heteroatoms. The van der Waals surface area contributed by atoms with E-state index in [9.17, 15) is 0 Å². The Morgan fingerprint density at radius 3 is 2.65 bits per heavy atom. The fourth-order valence-corrected chi connectivity index (χ4v) is 4.25. The molecule has 8 nitrogen and oxygen atoms in total. The Kier molecular flexibility index (Phi) is 7.07. The quantitative estimate of drug-likeness (QED) is 0.504. The standard InChI is InChI=1S/C26H31N5O3/c27-23-17-19(4-9-25(23)34-18-22-3-1-2-14-33-22)24-10-11-28-26(30-24)29-20-5-7-21(8-6-20)31-12-15-32-16-13-31/h4-11,17,22H,1-3,12-16,18,27H2,(H,28,29,30). The minimum Gasteiger partial charge on any atom is -0.489 e. The first-order valence-corrected chi connectivity index (χ1v) is 11.9. The third-order valence-electron chi connectivity index (χ3n) is 6.16. The second-order valence-electron chi connectivity index (χ2n) is 8.59. The summed E-state index contributed by atoms with van der Waals surface area (Å²) in [5.41, 5.74) is 10.7. The largest absolute Gasteiger partial charge is 0.489 e. The molecule has 1 atom stereocenters. The summed E-state index contributed by atoms with van der Waals surface area (Å²) in [4.78, 5) is 11.4. The number of hydrogen-bond acceptors (Lipinski definition) is 8. The third-order valence-corrected chi connectivity index (χ3v) is 6.16. The lowest BCUT2D eigenvalue weighted by atomic mass is 10.1. The van der Waals surface area contributed by atoms with Gasteiger partial charge in [-0.15, -0.1) is 0 Å². The van der Waals surface area contributed by atoms with Crippen molar-refractivity contribution in [2.75, 3.05) is 55.5 Å². The molecule has 3 heterocycles. The Labute approximate surface area is 200 Å². The molecule has 3 N–H and O–H groups in total. The van der Waals surface area contributed by atoms with Gasteiger partial charge in [-0.25, -0.2) is 9.97 Å². The summed E-state index contributed by atoms with van der Waals surface area (Å²) < 4.78 is 17.1. The Bertz CT molecular complexity index is 1080. The molecule has 2 fully saturated rings. The zero-order valence-corrected chi connectivity index (χ0v) is 19.3.